The molecule has 3 fully saturated rings. The fourth-order valence-corrected chi connectivity index (χ4v) is 5.03. The summed E-state index contributed by atoms with van der Waals surface area (Å²) >= 11 is 11.8. The van der Waals surface area contributed by atoms with Crippen LogP contribution in [0.15, 0.2) is 24.3 Å². The van der Waals surface area contributed by atoms with Gasteiger partial charge in [0.25, 0.3) is 0 Å². The molecule has 3 aliphatic rings. The van der Waals surface area contributed by atoms with E-state index in [2.05, 4.69) is 21.2 Å². The maximum absolute atomic E-state index is 6.10. The Hall–Kier alpha value is -1.00. The first kappa shape index (κ1) is 15.5. The van der Waals surface area contributed by atoms with Gasteiger partial charge in [-0.25, -0.2) is 0 Å². The molecule has 1 aromatic carbocycles. The Kier molecular flexibility index (Phi) is 4.37. The number of nitrogens with zero attached hydrogens (tertiary/aromatic N) is 2. The van der Waals surface area contributed by atoms with Crippen LogP contribution in [0.4, 0.5) is 5.69 Å². The van der Waals surface area contributed by atoms with E-state index in [1.54, 1.807) is 0 Å². The molecule has 1 N–H and O–H groups in total. The van der Waals surface area contributed by atoms with Crippen LogP contribution in [0.3, 0.4) is 0 Å². The van der Waals surface area contributed by atoms with Gasteiger partial charge in [0.15, 0.2) is 5.11 Å². The Morgan fingerprint density at radius 3 is 2.61 bits per heavy atom. The molecule has 0 radical (unpaired) electrons. The second kappa shape index (κ2) is 6.48. The number of rotatable bonds is 2. The topological polar surface area (TPSA) is 18.5 Å². The number of anilines is 1. The van der Waals surface area contributed by atoms with Crippen molar-refractivity contribution in [2.24, 2.45) is 11.8 Å². The van der Waals surface area contributed by atoms with Gasteiger partial charge in [0.2, 0.25) is 0 Å². The fourth-order valence-electron chi connectivity index (χ4n) is 4.51. The van der Waals surface area contributed by atoms with Gasteiger partial charge in [-0.05, 0) is 61.5 Å². The standard InChI is InChI=1S/C18H24ClN3S/c19-15-2-1-3-16(12-15)21-6-8-22(9-7-21)18(23)20-17-11-13-4-5-14(17)10-13/h1-3,12-14,17H,4-11H2,(H,20,23)/t13-,14+,17+/m1/s1. The van der Waals surface area contributed by atoms with Gasteiger partial charge >= 0.3 is 0 Å². The van der Waals surface area contributed by atoms with E-state index in [0.717, 1.165) is 48.1 Å². The summed E-state index contributed by atoms with van der Waals surface area (Å²) in [6.07, 6.45) is 5.58. The second-order valence-corrected chi connectivity index (χ2v) is 8.01. The quantitative estimate of drug-likeness (QED) is 0.823. The minimum Gasteiger partial charge on any atom is -0.368 e. The average Bonchev–Trinajstić information content (AvgIpc) is 3.18. The highest BCUT2D eigenvalue weighted by Gasteiger charge is 2.40. The van der Waals surface area contributed by atoms with Crippen LogP contribution in [0.25, 0.3) is 0 Å². The monoisotopic (exact) mass is 349 g/mol. The van der Waals surface area contributed by atoms with Gasteiger partial charge in [-0.3, -0.25) is 0 Å². The predicted octanol–water partition coefficient (Wildman–Crippen LogP) is 3.53. The van der Waals surface area contributed by atoms with Crippen molar-refractivity contribution in [1.82, 2.24) is 10.2 Å². The Bertz CT molecular complexity index is 585. The highest BCUT2D eigenvalue weighted by Crippen LogP contribution is 2.44. The van der Waals surface area contributed by atoms with Gasteiger partial charge in [-0.2, -0.15) is 0 Å². The zero-order valence-electron chi connectivity index (χ0n) is 13.4. The van der Waals surface area contributed by atoms with Crippen molar-refractivity contribution < 1.29 is 0 Å². The lowest BCUT2D eigenvalue weighted by molar-refractivity contribution is 0.345. The third kappa shape index (κ3) is 3.29. The fraction of sp³-hybridized carbons (Fsp3) is 0.611. The maximum atomic E-state index is 6.10. The Morgan fingerprint density at radius 1 is 1.13 bits per heavy atom. The minimum absolute atomic E-state index is 0.632. The molecule has 1 saturated heterocycles. The van der Waals surface area contributed by atoms with E-state index in [1.165, 1.54) is 31.4 Å². The first-order valence-electron chi connectivity index (χ1n) is 8.75. The molecule has 0 unspecified atom stereocenters. The van der Waals surface area contributed by atoms with Crippen LogP contribution in [0.2, 0.25) is 5.02 Å². The summed E-state index contributed by atoms with van der Waals surface area (Å²) in [6.45, 7) is 3.97. The molecule has 0 amide bonds. The summed E-state index contributed by atoms with van der Waals surface area (Å²) in [5, 5.41) is 5.43. The molecule has 3 nitrogen and oxygen atoms in total. The van der Waals surface area contributed by atoms with E-state index < -0.39 is 0 Å². The lowest BCUT2D eigenvalue weighted by Gasteiger charge is -2.38. The molecule has 1 heterocycles. The lowest BCUT2D eigenvalue weighted by atomic mass is 9.95. The minimum atomic E-state index is 0.632. The first-order valence-corrected chi connectivity index (χ1v) is 9.53. The summed E-state index contributed by atoms with van der Waals surface area (Å²) in [7, 11) is 0. The molecule has 23 heavy (non-hydrogen) atoms. The van der Waals surface area contributed by atoms with Gasteiger partial charge in [0.1, 0.15) is 0 Å². The number of hydrogen-bond acceptors (Lipinski definition) is 2. The lowest BCUT2D eigenvalue weighted by Crippen LogP contribution is -2.54. The highest BCUT2D eigenvalue weighted by atomic mass is 35.5. The van der Waals surface area contributed by atoms with Crippen LogP contribution in [0, 0.1) is 11.8 Å². The Labute approximate surface area is 149 Å². The van der Waals surface area contributed by atoms with E-state index in [-0.39, 0.29) is 0 Å². The molecule has 124 valence electrons. The molecule has 2 saturated carbocycles. The molecule has 2 bridgehead atoms. The van der Waals surface area contributed by atoms with Gasteiger partial charge in [-0.15, -0.1) is 0 Å². The molecule has 3 atom stereocenters. The van der Waals surface area contributed by atoms with E-state index >= 15 is 0 Å². The van der Waals surface area contributed by atoms with Crippen LogP contribution >= 0.6 is 23.8 Å². The molecule has 0 spiro atoms. The van der Waals surface area contributed by atoms with Crippen molar-refractivity contribution >= 4 is 34.6 Å². The summed E-state index contributed by atoms with van der Waals surface area (Å²) in [4.78, 5) is 4.73. The SMILES string of the molecule is S=C(N[C@H]1C[C@@H]2CC[C@H]1C2)N1CCN(c2cccc(Cl)c2)CC1. The van der Waals surface area contributed by atoms with Crippen molar-refractivity contribution in [3.63, 3.8) is 0 Å². The number of thiocarbonyl (C=S) groups is 1. The number of halogens is 1. The number of fused-ring (bicyclic) bond motifs is 2. The maximum Gasteiger partial charge on any atom is 0.169 e. The van der Waals surface area contributed by atoms with E-state index in [9.17, 15) is 0 Å². The molecular formula is C18H24ClN3S. The van der Waals surface area contributed by atoms with Crippen LogP contribution in [0.1, 0.15) is 25.7 Å². The van der Waals surface area contributed by atoms with Gasteiger partial charge < -0.3 is 15.1 Å². The van der Waals surface area contributed by atoms with Crippen molar-refractivity contribution in [3.05, 3.63) is 29.3 Å². The van der Waals surface area contributed by atoms with Crippen molar-refractivity contribution in [3.8, 4) is 0 Å². The number of benzene rings is 1. The first-order chi connectivity index (χ1) is 11.2. The normalized spacial score (nSPS) is 29.9. The van der Waals surface area contributed by atoms with Crippen molar-refractivity contribution in [1.29, 1.82) is 0 Å². The largest absolute Gasteiger partial charge is 0.368 e. The molecule has 4 rings (SSSR count). The van der Waals surface area contributed by atoms with E-state index in [1.807, 2.05) is 18.2 Å². The molecular weight excluding hydrogens is 326 g/mol. The zero-order valence-corrected chi connectivity index (χ0v) is 15.0. The number of hydrogen-bond donors (Lipinski definition) is 1. The highest BCUT2D eigenvalue weighted by molar-refractivity contribution is 7.80. The van der Waals surface area contributed by atoms with Crippen LogP contribution in [-0.4, -0.2) is 42.2 Å². The second-order valence-electron chi connectivity index (χ2n) is 7.18. The molecule has 1 aliphatic heterocycles. The van der Waals surface area contributed by atoms with Crippen molar-refractivity contribution in [2.75, 3.05) is 31.1 Å². The Morgan fingerprint density at radius 2 is 1.96 bits per heavy atom. The van der Waals surface area contributed by atoms with Crippen LogP contribution in [0.5, 0.6) is 0 Å². The van der Waals surface area contributed by atoms with Crippen molar-refractivity contribution in [2.45, 2.75) is 31.7 Å². The Balaban J connectivity index is 1.30. The number of piperazine rings is 1. The van der Waals surface area contributed by atoms with Crippen LogP contribution < -0.4 is 10.2 Å². The third-order valence-corrected chi connectivity index (χ3v) is 6.40. The molecule has 5 heteroatoms. The number of nitrogens with one attached hydrogen (secondary N) is 1. The summed E-state index contributed by atoms with van der Waals surface area (Å²) < 4.78 is 0. The van der Waals surface area contributed by atoms with Gasteiger partial charge in [0.05, 0.1) is 0 Å². The van der Waals surface area contributed by atoms with Gasteiger partial charge in [0, 0.05) is 42.9 Å². The van der Waals surface area contributed by atoms with E-state index in [0.29, 0.717) is 6.04 Å². The summed E-state index contributed by atoms with van der Waals surface area (Å²) in [5.74, 6) is 1.82. The third-order valence-electron chi connectivity index (χ3n) is 5.79. The predicted molar refractivity (Wildman–Crippen MR) is 100 cm³/mol. The molecule has 0 aromatic heterocycles. The zero-order chi connectivity index (χ0) is 15.8. The smallest absolute Gasteiger partial charge is 0.169 e. The molecule has 2 aliphatic carbocycles. The van der Waals surface area contributed by atoms with E-state index in [4.69, 9.17) is 23.8 Å². The molecule has 1 aromatic rings. The summed E-state index contributed by atoms with van der Waals surface area (Å²) in [6, 6.07) is 8.75. The van der Waals surface area contributed by atoms with Crippen LogP contribution in [-0.2, 0) is 0 Å². The van der Waals surface area contributed by atoms with Gasteiger partial charge in [-0.1, -0.05) is 24.1 Å². The average molecular weight is 350 g/mol. The summed E-state index contributed by atoms with van der Waals surface area (Å²) in [5.41, 5.74) is 1.21.